The van der Waals surface area contributed by atoms with Gasteiger partial charge in [0.2, 0.25) is 0 Å². The maximum Gasteiger partial charge on any atom is 0.142 e. The molecule has 4 heteroatoms. The second-order valence-corrected chi connectivity index (χ2v) is 4.74. The summed E-state index contributed by atoms with van der Waals surface area (Å²) in [5.41, 5.74) is 10.00. The first kappa shape index (κ1) is 13.6. The van der Waals surface area contributed by atoms with Crippen molar-refractivity contribution in [3.8, 4) is 5.75 Å². The molecule has 3 N–H and O–H groups in total. The van der Waals surface area contributed by atoms with E-state index in [1.165, 1.54) is 5.56 Å². The number of H-pyrrole nitrogens is 1. The fourth-order valence-corrected chi connectivity index (χ4v) is 2.11. The summed E-state index contributed by atoms with van der Waals surface area (Å²) in [5, 5.41) is 7.33. The van der Waals surface area contributed by atoms with E-state index in [1.54, 1.807) is 0 Å². The highest BCUT2D eigenvalue weighted by Gasteiger charge is 2.19. The van der Waals surface area contributed by atoms with Crippen molar-refractivity contribution in [3.63, 3.8) is 0 Å². The second kappa shape index (κ2) is 5.89. The van der Waals surface area contributed by atoms with Crippen molar-refractivity contribution >= 4 is 0 Å². The van der Waals surface area contributed by atoms with Crippen LogP contribution in [0.25, 0.3) is 0 Å². The number of aromatic amines is 1. The molecule has 1 aromatic heterocycles. The van der Waals surface area contributed by atoms with Crippen molar-refractivity contribution in [2.24, 2.45) is 5.73 Å². The maximum atomic E-state index is 6.02. The number of nitrogens with two attached hydrogens (primary N) is 1. The van der Waals surface area contributed by atoms with Crippen LogP contribution in [0.4, 0.5) is 0 Å². The summed E-state index contributed by atoms with van der Waals surface area (Å²) in [5.74, 6) is 0.862. The minimum Gasteiger partial charge on any atom is -0.484 e. The van der Waals surface area contributed by atoms with Crippen LogP contribution in [0.1, 0.15) is 42.0 Å². The Morgan fingerprint density at radius 2 is 1.95 bits per heavy atom. The van der Waals surface area contributed by atoms with Crippen molar-refractivity contribution in [1.82, 2.24) is 10.2 Å². The summed E-state index contributed by atoms with van der Waals surface area (Å²) >= 11 is 0. The van der Waals surface area contributed by atoms with Crippen molar-refractivity contribution in [2.75, 3.05) is 0 Å². The quantitative estimate of drug-likeness (QED) is 0.867. The highest BCUT2D eigenvalue weighted by atomic mass is 16.5. The lowest BCUT2D eigenvalue weighted by Crippen LogP contribution is -2.11. The van der Waals surface area contributed by atoms with E-state index < -0.39 is 0 Å². The number of aromatic nitrogens is 2. The SMILES string of the molecule is CCC(Oc1ccc(C)cc1)c1n[nH]c(C)c1CN. The molecule has 0 radical (unpaired) electrons. The normalized spacial score (nSPS) is 12.4. The van der Waals surface area contributed by atoms with Gasteiger partial charge in [0, 0.05) is 17.8 Å². The van der Waals surface area contributed by atoms with Crippen LogP contribution in [0, 0.1) is 13.8 Å². The number of hydrogen-bond donors (Lipinski definition) is 2. The molecule has 2 aromatic rings. The van der Waals surface area contributed by atoms with E-state index in [1.807, 2.05) is 31.2 Å². The smallest absolute Gasteiger partial charge is 0.142 e. The summed E-state index contributed by atoms with van der Waals surface area (Å²) < 4.78 is 6.02. The van der Waals surface area contributed by atoms with Gasteiger partial charge in [0.1, 0.15) is 17.5 Å². The third-order valence-corrected chi connectivity index (χ3v) is 3.29. The molecule has 0 saturated carbocycles. The lowest BCUT2D eigenvalue weighted by atomic mass is 10.1. The molecule has 2 rings (SSSR count). The van der Waals surface area contributed by atoms with Gasteiger partial charge in [-0.05, 0) is 32.4 Å². The zero-order valence-electron chi connectivity index (χ0n) is 11.7. The van der Waals surface area contributed by atoms with Gasteiger partial charge in [-0.3, -0.25) is 5.10 Å². The van der Waals surface area contributed by atoms with E-state index in [9.17, 15) is 0 Å². The Balaban J connectivity index is 2.22. The van der Waals surface area contributed by atoms with E-state index >= 15 is 0 Å². The third-order valence-electron chi connectivity index (χ3n) is 3.29. The minimum absolute atomic E-state index is 0.0637. The number of nitrogens with zero attached hydrogens (tertiary/aromatic N) is 1. The topological polar surface area (TPSA) is 63.9 Å². The number of aryl methyl sites for hydroxylation is 2. The molecule has 0 spiro atoms. The van der Waals surface area contributed by atoms with Crippen molar-refractivity contribution in [1.29, 1.82) is 0 Å². The Bertz CT molecular complexity index is 531. The largest absolute Gasteiger partial charge is 0.484 e. The zero-order valence-corrected chi connectivity index (χ0v) is 11.7. The molecule has 4 nitrogen and oxygen atoms in total. The first-order chi connectivity index (χ1) is 9.15. The summed E-state index contributed by atoms with van der Waals surface area (Å²) in [6.07, 6.45) is 0.789. The Hall–Kier alpha value is -1.81. The van der Waals surface area contributed by atoms with Gasteiger partial charge >= 0.3 is 0 Å². The first-order valence-electron chi connectivity index (χ1n) is 6.62. The van der Waals surface area contributed by atoms with Crippen LogP contribution in [-0.4, -0.2) is 10.2 Å². The van der Waals surface area contributed by atoms with Crippen LogP contribution in [0.5, 0.6) is 5.75 Å². The predicted molar refractivity (Wildman–Crippen MR) is 76.1 cm³/mol. The Kier molecular flexibility index (Phi) is 4.22. The van der Waals surface area contributed by atoms with Crippen LogP contribution in [-0.2, 0) is 6.54 Å². The van der Waals surface area contributed by atoms with Crippen LogP contribution >= 0.6 is 0 Å². The number of nitrogens with one attached hydrogen (secondary N) is 1. The van der Waals surface area contributed by atoms with E-state index in [4.69, 9.17) is 10.5 Å². The summed E-state index contributed by atoms with van der Waals surface area (Å²) in [6.45, 7) is 6.61. The maximum absolute atomic E-state index is 6.02. The number of rotatable bonds is 5. The molecule has 0 amide bonds. The van der Waals surface area contributed by atoms with Gasteiger partial charge in [-0.15, -0.1) is 0 Å². The monoisotopic (exact) mass is 259 g/mol. The number of hydrogen-bond acceptors (Lipinski definition) is 3. The van der Waals surface area contributed by atoms with E-state index in [0.29, 0.717) is 6.54 Å². The van der Waals surface area contributed by atoms with Crippen LogP contribution in [0.2, 0.25) is 0 Å². The van der Waals surface area contributed by atoms with Gasteiger partial charge < -0.3 is 10.5 Å². The van der Waals surface area contributed by atoms with Gasteiger partial charge in [-0.2, -0.15) is 5.10 Å². The van der Waals surface area contributed by atoms with Crippen LogP contribution in [0.3, 0.4) is 0 Å². The Labute approximate surface area is 114 Å². The summed E-state index contributed by atoms with van der Waals surface area (Å²) in [7, 11) is 0. The number of benzene rings is 1. The molecule has 0 fully saturated rings. The van der Waals surface area contributed by atoms with Crippen molar-refractivity contribution < 1.29 is 4.74 Å². The average Bonchev–Trinajstić information content (AvgIpc) is 2.79. The zero-order chi connectivity index (χ0) is 13.8. The van der Waals surface area contributed by atoms with Gasteiger partial charge in [0.15, 0.2) is 0 Å². The lowest BCUT2D eigenvalue weighted by molar-refractivity contribution is 0.195. The molecule has 0 aliphatic carbocycles. The second-order valence-electron chi connectivity index (χ2n) is 4.74. The van der Waals surface area contributed by atoms with Gasteiger partial charge in [0.25, 0.3) is 0 Å². The molecule has 1 unspecified atom stereocenters. The van der Waals surface area contributed by atoms with Crippen molar-refractivity contribution in [3.05, 3.63) is 46.8 Å². The minimum atomic E-state index is -0.0637. The molecule has 0 aliphatic heterocycles. The molecule has 102 valence electrons. The molecule has 0 saturated heterocycles. The molecule has 19 heavy (non-hydrogen) atoms. The first-order valence-corrected chi connectivity index (χ1v) is 6.62. The standard InChI is InChI=1S/C15H21N3O/c1-4-14(15-13(9-16)11(3)17-18-15)19-12-7-5-10(2)6-8-12/h5-8,14H,4,9,16H2,1-3H3,(H,17,18). The van der Waals surface area contributed by atoms with E-state index in [2.05, 4.69) is 24.0 Å². The predicted octanol–water partition coefficient (Wildman–Crippen LogP) is 3.02. The molecule has 0 bridgehead atoms. The lowest BCUT2D eigenvalue weighted by Gasteiger charge is -2.17. The summed E-state index contributed by atoms with van der Waals surface area (Å²) in [4.78, 5) is 0. The average molecular weight is 259 g/mol. The van der Waals surface area contributed by atoms with E-state index in [-0.39, 0.29) is 6.10 Å². The molecule has 1 aromatic carbocycles. The van der Waals surface area contributed by atoms with E-state index in [0.717, 1.165) is 29.1 Å². The fourth-order valence-electron chi connectivity index (χ4n) is 2.11. The van der Waals surface area contributed by atoms with Gasteiger partial charge in [0.05, 0.1) is 0 Å². The highest BCUT2D eigenvalue weighted by molar-refractivity contribution is 5.30. The summed E-state index contributed by atoms with van der Waals surface area (Å²) in [6, 6.07) is 8.06. The molecular weight excluding hydrogens is 238 g/mol. The van der Waals surface area contributed by atoms with Crippen molar-refractivity contribution in [2.45, 2.75) is 39.8 Å². The van der Waals surface area contributed by atoms with Crippen LogP contribution < -0.4 is 10.5 Å². The highest BCUT2D eigenvalue weighted by Crippen LogP contribution is 2.27. The third kappa shape index (κ3) is 2.96. The molecular formula is C15H21N3O. The Morgan fingerprint density at radius 1 is 1.26 bits per heavy atom. The van der Waals surface area contributed by atoms with Crippen LogP contribution in [0.15, 0.2) is 24.3 Å². The van der Waals surface area contributed by atoms with Gasteiger partial charge in [-0.1, -0.05) is 24.6 Å². The Morgan fingerprint density at radius 3 is 2.53 bits per heavy atom. The molecule has 0 aliphatic rings. The molecule has 1 heterocycles. The number of ether oxygens (including phenoxy) is 1. The fraction of sp³-hybridized carbons (Fsp3) is 0.400. The van der Waals surface area contributed by atoms with Gasteiger partial charge in [-0.25, -0.2) is 0 Å². The molecule has 1 atom stereocenters.